The van der Waals surface area contributed by atoms with E-state index in [0.29, 0.717) is 26.1 Å². The van der Waals surface area contributed by atoms with Gasteiger partial charge in [-0.3, -0.25) is 9.59 Å². The molecule has 0 radical (unpaired) electrons. The fourth-order valence-electron chi connectivity index (χ4n) is 2.06. The fourth-order valence-corrected chi connectivity index (χ4v) is 2.06. The van der Waals surface area contributed by atoms with Gasteiger partial charge in [0.25, 0.3) is 0 Å². The number of carbonyl (C=O) groups is 2. The first-order valence-electron chi connectivity index (χ1n) is 7.15. The van der Waals surface area contributed by atoms with Gasteiger partial charge in [0.1, 0.15) is 0 Å². The summed E-state index contributed by atoms with van der Waals surface area (Å²) in [5.74, 6) is -0.109. The van der Waals surface area contributed by atoms with E-state index in [1.54, 1.807) is 12.0 Å². The Morgan fingerprint density at radius 3 is 2.62 bits per heavy atom. The van der Waals surface area contributed by atoms with Gasteiger partial charge in [-0.2, -0.15) is 0 Å². The van der Waals surface area contributed by atoms with Gasteiger partial charge in [0.2, 0.25) is 11.8 Å². The van der Waals surface area contributed by atoms with Crippen molar-refractivity contribution in [3.63, 3.8) is 0 Å². The first-order chi connectivity index (χ1) is 10.1. The highest BCUT2D eigenvalue weighted by Crippen LogP contribution is 2.19. The van der Waals surface area contributed by atoms with Gasteiger partial charge in [-0.1, -0.05) is 18.2 Å². The fraction of sp³-hybridized carbons (Fsp3) is 0.500. The number of para-hydroxylation sites is 1. The Morgan fingerprint density at radius 1 is 1.29 bits per heavy atom. The van der Waals surface area contributed by atoms with Crippen molar-refractivity contribution in [3.8, 4) is 0 Å². The maximum absolute atomic E-state index is 11.8. The monoisotopic (exact) mass is 292 g/mol. The number of aryl methyl sites for hydroxylation is 1. The Balaban J connectivity index is 2.51. The van der Waals surface area contributed by atoms with Crippen molar-refractivity contribution in [3.05, 3.63) is 29.8 Å². The minimum atomic E-state index is -0.0588. The minimum Gasteiger partial charge on any atom is -0.385 e. The third-order valence-electron chi connectivity index (χ3n) is 3.20. The molecule has 1 aromatic rings. The Morgan fingerprint density at radius 2 is 2.00 bits per heavy atom. The molecule has 0 aliphatic rings. The topological polar surface area (TPSA) is 58.6 Å². The van der Waals surface area contributed by atoms with Crippen LogP contribution in [0.15, 0.2) is 24.3 Å². The quantitative estimate of drug-likeness (QED) is 0.744. The van der Waals surface area contributed by atoms with Crippen molar-refractivity contribution >= 4 is 17.5 Å². The molecule has 0 spiro atoms. The van der Waals surface area contributed by atoms with Gasteiger partial charge in [-0.05, 0) is 25.0 Å². The third kappa shape index (κ3) is 5.95. The van der Waals surface area contributed by atoms with Crippen LogP contribution in [-0.4, -0.2) is 38.6 Å². The molecular weight excluding hydrogens is 268 g/mol. The highest BCUT2D eigenvalue weighted by molar-refractivity contribution is 5.93. The van der Waals surface area contributed by atoms with E-state index in [0.717, 1.165) is 17.7 Å². The molecule has 0 aliphatic carbocycles. The van der Waals surface area contributed by atoms with Gasteiger partial charge in [0, 0.05) is 45.8 Å². The van der Waals surface area contributed by atoms with Crippen LogP contribution in [0.3, 0.4) is 0 Å². The van der Waals surface area contributed by atoms with Gasteiger partial charge < -0.3 is 15.0 Å². The zero-order chi connectivity index (χ0) is 15.7. The number of nitrogens with zero attached hydrogens (tertiary/aromatic N) is 1. The van der Waals surface area contributed by atoms with Crippen LogP contribution in [0.2, 0.25) is 0 Å². The van der Waals surface area contributed by atoms with Crippen LogP contribution in [0.1, 0.15) is 25.3 Å². The van der Waals surface area contributed by atoms with Crippen molar-refractivity contribution in [2.24, 2.45) is 0 Å². The van der Waals surface area contributed by atoms with Crippen LogP contribution in [0, 0.1) is 6.92 Å². The molecule has 0 saturated carbocycles. The molecule has 2 amide bonds. The molecule has 116 valence electrons. The molecular formula is C16H24N2O3. The summed E-state index contributed by atoms with van der Waals surface area (Å²) in [7, 11) is 1.63. The van der Waals surface area contributed by atoms with Crippen molar-refractivity contribution in [1.82, 2.24) is 5.32 Å². The highest BCUT2D eigenvalue weighted by Gasteiger charge is 2.14. The summed E-state index contributed by atoms with van der Waals surface area (Å²) in [4.78, 5) is 25.2. The third-order valence-corrected chi connectivity index (χ3v) is 3.20. The lowest BCUT2D eigenvalue weighted by Crippen LogP contribution is -2.34. The molecule has 0 aliphatic heterocycles. The number of rotatable bonds is 8. The van der Waals surface area contributed by atoms with Gasteiger partial charge in [0.15, 0.2) is 0 Å². The number of carbonyl (C=O) groups excluding carboxylic acids is 2. The second-order valence-electron chi connectivity index (χ2n) is 4.90. The highest BCUT2D eigenvalue weighted by atomic mass is 16.5. The van der Waals surface area contributed by atoms with Crippen molar-refractivity contribution in [1.29, 1.82) is 0 Å². The van der Waals surface area contributed by atoms with E-state index in [4.69, 9.17) is 4.74 Å². The summed E-state index contributed by atoms with van der Waals surface area (Å²) in [6, 6.07) is 7.67. The first kappa shape index (κ1) is 17.2. The van der Waals surface area contributed by atoms with Crippen LogP contribution in [-0.2, 0) is 14.3 Å². The van der Waals surface area contributed by atoms with Crippen molar-refractivity contribution in [2.75, 3.05) is 31.7 Å². The SMILES string of the molecule is COCCCNC(=O)CCN(C(C)=O)c1ccccc1C. The van der Waals surface area contributed by atoms with E-state index in [1.165, 1.54) is 6.92 Å². The number of amides is 2. The molecule has 1 aromatic carbocycles. The standard InChI is InChI=1S/C16H24N2O3/c1-13-7-4-5-8-15(13)18(14(2)19)11-9-16(20)17-10-6-12-21-3/h4-5,7-8H,6,9-12H2,1-3H3,(H,17,20). The molecule has 0 atom stereocenters. The average Bonchev–Trinajstić information content (AvgIpc) is 2.45. The zero-order valence-electron chi connectivity index (χ0n) is 13.0. The average molecular weight is 292 g/mol. The summed E-state index contributed by atoms with van der Waals surface area (Å²) in [6.07, 6.45) is 1.08. The maximum Gasteiger partial charge on any atom is 0.223 e. The molecule has 1 N–H and O–H groups in total. The lowest BCUT2D eigenvalue weighted by atomic mass is 10.1. The van der Waals surface area contributed by atoms with E-state index >= 15 is 0 Å². The predicted molar refractivity (Wildman–Crippen MR) is 83.3 cm³/mol. The number of benzene rings is 1. The maximum atomic E-state index is 11.8. The summed E-state index contributed by atoms with van der Waals surface area (Å²) < 4.78 is 4.92. The summed E-state index contributed by atoms with van der Waals surface area (Å²) >= 11 is 0. The molecule has 0 fully saturated rings. The molecule has 5 nitrogen and oxygen atoms in total. The van der Waals surface area contributed by atoms with E-state index < -0.39 is 0 Å². The number of methoxy groups -OCH3 is 1. The normalized spacial score (nSPS) is 10.2. The van der Waals surface area contributed by atoms with E-state index in [1.807, 2.05) is 31.2 Å². The zero-order valence-corrected chi connectivity index (χ0v) is 13.0. The van der Waals surface area contributed by atoms with Crippen LogP contribution in [0.4, 0.5) is 5.69 Å². The molecule has 0 bridgehead atoms. The van der Waals surface area contributed by atoms with Gasteiger partial charge in [0.05, 0.1) is 0 Å². The number of ether oxygens (including phenoxy) is 1. The Hall–Kier alpha value is -1.88. The smallest absolute Gasteiger partial charge is 0.223 e. The van der Waals surface area contributed by atoms with Gasteiger partial charge in [-0.25, -0.2) is 0 Å². The molecule has 0 aromatic heterocycles. The Kier molecular flexibility index (Phi) is 7.46. The molecule has 1 rings (SSSR count). The largest absolute Gasteiger partial charge is 0.385 e. The summed E-state index contributed by atoms with van der Waals surface area (Å²) in [6.45, 7) is 5.08. The molecule has 0 heterocycles. The molecule has 5 heteroatoms. The molecule has 21 heavy (non-hydrogen) atoms. The van der Waals surface area contributed by atoms with Crippen LogP contribution in [0.5, 0.6) is 0 Å². The second-order valence-corrected chi connectivity index (χ2v) is 4.90. The van der Waals surface area contributed by atoms with Crippen LogP contribution < -0.4 is 10.2 Å². The lowest BCUT2D eigenvalue weighted by Gasteiger charge is -2.22. The van der Waals surface area contributed by atoms with Crippen molar-refractivity contribution in [2.45, 2.75) is 26.7 Å². The van der Waals surface area contributed by atoms with E-state index in [9.17, 15) is 9.59 Å². The number of hydrogen-bond donors (Lipinski definition) is 1. The number of hydrogen-bond acceptors (Lipinski definition) is 3. The molecule has 0 saturated heterocycles. The predicted octanol–water partition coefficient (Wildman–Crippen LogP) is 1.89. The first-order valence-corrected chi connectivity index (χ1v) is 7.15. The lowest BCUT2D eigenvalue weighted by molar-refractivity contribution is -0.121. The molecule has 0 unspecified atom stereocenters. The van der Waals surface area contributed by atoms with E-state index in [2.05, 4.69) is 5.32 Å². The second kappa shape index (κ2) is 9.13. The summed E-state index contributed by atoms with van der Waals surface area (Å²) in [5, 5.41) is 2.82. The van der Waals surface area contributed by atoms with Crippen LogP contribution >= 0.6 is 0 Å². The number of anilines is 1. The Bertz CT molecular complexity index is 474. The van der Waals surface area contributed by atoms with Gasteiger partial charge >= 0.3 is 0 Å². The van der Waals surface area contributed by atoms with Crippen molar-refractivity contribution < 1.29 is 14.3 Å². The summed E-state index contributed by atoms with van der Waals surface area (Å²) in [5.41, 5.74) is 1.88. The minimum absolute atomic E-state index is 0.0501. The van der Waals surface area contributed by atoms with Crippen LogP contribution in [0.25, 0.3) is 0 Å². The van der Waals surface area contributed by atoms with Gasteiger partial charge in [-0.15, -0.1) is 0 Å². The number of nitrogens with one attached hydrogen (secondary N) is 1. The van der Waals surface area contributed by atoms with E-state index in [-0.39, 0.29) is 11.8 Å². The Labute approximate surface area is 126 Å².